The molecule has 150 valence electrons. The van der Waals surface area contributed by atoms with Crippen LogP contribution < -0.4 is 15.0 Å². The van der Waals surface area contributed by atoms with E-state index in [1.54, 1.807) is 49.6 Å². The summed E-state index contributed by atoms with van der Waals surface area (Å²) < 4.78 is 18.5. The zero-order valence-electron chi connectivity index (χ0n) is 16.5. The average molecular weight is 402 g/mol. The van der Waals surface area contributed by atoms with Gasteiger partial charge in [0.1, 0.15) is 17.3 Å². The van der Waals surface area contributed by atoms with Gasteiger partial charge in [-0.3, -0.25) is 9.59 Å². The van der Waals surface area contributed by atoms with Crippen LogP contribution in [0.25, 0.3) is 5.57 Å². The van der Waals surface area contributed by atoms with E-state index in [4.69, 9.17) is 4.74 Å². The van der Waals surface area contributed by atoms with Crippen LogP contribution >= 0.6 is 0 Å². The molecule has 0 unspecified atom stereocenters. The van der Waals surface area contributed by atoms with Crippen LogP contribution in [0.15, 0.2) is 78.5 Å². The van der Waals surface area contributed by atoms with Crippen LogP contribution in [-0.2, 0) is 9.59 Å². The maximum Gasteiger partial charge on any atom is 0.282 e. The highest BCUT2D eigenvalue weighted by Gasteiger charge is 2.40. The molecule has 1 aliphatic heterocycles. The zero-order chi connectivity index (χ0) is 21.3. The molecule has 6 heteroatoms. The van der Waals surface area contributed by atoms with Gasteiger partial charge in [0, 0.05) is 5.69 Å². The molecule has 0 fully saturated rings. The largest absolute Gasteiger partial charge is 0.497 e. The van der Waals surface area contributed by atoms with Crippen LogP contribution in [0, 0.1) is 12.7 Å². The Bertz CT molecular complexity index is 1150. The molecule has 3 aromatic carbocycles. The smallest absolute Gasteiger partial charge is 0.282 e. The second kappa shape index (κ2) is 7.83. The second-order valence-corrected chi connectivity index (χ2v) is 6.90. The number of carbonyl (C=O) groups is 2. The molecule has 5 nitrogen and oxygen atoms in total. The molecule has 0 atom stereocenters. The Morgan fingerprint density at radius 3 is 2.23 bits per heavy atom. The van der Waals surface area contributed by atoms with Crippen LogP contribution in [0.2, 0.25) is 0 Å². The van der Waals surface area contributed by atoms with E-state index in [1.807, 2.05) is 13.0 Å². The summed E-state index contributed by atoms with van der Waals surface area (Å²) in [6.45, 7) is 1.89. The normalized spacial score (nSPS) is 13.8. The Kier molecular flexibility index (Phi) is 5.06. The van der Waals surface area contributed by atoms with E-state index in [9.17, 15) is 14.0 Å². The highest BCUT2D eigenvalue weighted by molar-refractivity contribution is 6.46. The predicted octanol–water partition coefficient (Wildman–Crippen LogP) is 4.54. The van der Waals surface area contributed by atoms with Crippen molar-refractivity contribution in [3.05, 3.63) is 95.4 Å². The van der Waals surface area contributed by atoms with Crippen molar-refractivity contribution in [2.24, 2.45) is 0 Å². The minimum atomic E-state index is -0.472. The van der Waals surface area contributed by atoms with Crippen molar-refractivity contribution < 1.29 is 18.7 Å². The Labute approximate surface area is 173 Å². The molecule has 1 aliphatic rings. The maximum atomic E-state index is 13.4. The number of ether oxygens (including phenoxy) is 1. The van der Waals surface area contributed by atoms with E-state index in [1.165, 1.54) is 24.3 Å². The third-order valence-electron chi connectivity index (χ3n) is 4.84. The maximum absolute atomic E-state index is 13.4. The van der Waals surface area contributed by atoms with Crippen molar-refractivity contribution in [3.8, 4) is 5.75 Å². The number of carbonyl (C=O) groups excluding carboxylic acids is 2. The van der Waals surface area contributed by atoms with E-state index in [2.05, 4.69) is 5.32 Å². The predicted molar refractivity (Wildman–Crippen MR) is 114 cm³/mol. The first-order chi connectivity index (χ1) is 14.5. The minimum absolute atomic E-state index is 0.137. The first-order valence-corrected chi connectivity index (χ1v) is 9.34. The summed E-state index contributed by atoms with van der Waals surface area (Å²) in [5.41, 5.74) is 2.89. The van der Waals surface area contributed by atoms with E-state index in [-0.39, 0.29) is 17.1 Å². The fourth-order valence-corrected chi connectivity index (χ4v) is 3.35. The molecular formula is C24H19FN2O3. The van der Waals surface area contributed by atoms with Gasteiger partial charge in [-0.15, -0.1) is 0 Å². The Morgan fingerprint density at radius 2 is 1.60 bits per heavy atom. The quantitative estimate of drug-likeness (QED) is 0.637. The molecule has 0 radical (unpaired) electrons. The molecule has 0 bridgehead atoms. The lowest BCUT2D eigenvalue weighted by atomic mass is 10.0. The third-order valence-corrected chi connectivity index (χ3v) is 4.84. The summed E-state index contributed by atoms with van der Waals surface area (Å²) in [5.74, 6) is -0.652. The zero-order valence-corrected chi connectivity index (χ0v) is 16.5. The summed E-state index contributed by atoms with van der Waals surface area (Å²) >= 11 is 0. The van der Waals surface area contributed by atoms with Gasteiger partial charge in [-0.25, -0.2) is 9.29 Å². The fraction of sp³-hybridized carbons (Fsp3) is 0.0833. The van der Waals surface area contributed by atoms with Crippen molar-refractivity contribution in [2.45, 2.75) is 6.92 Å². The number of benzene rings is 3. The SMILES string of the molecule is COc1ccc(C2=C(Nc3ccc(F)cc3)C(=O)N(c3cccc(C)c3)C2=O)cc1. The van der Waals surface area contributed by atoms with E-state index < -0.39 is 11.8 Å². The molecule has 0 aromatic heterocycles. The number of aryl methyl sites for hydroxylation is 1. The van der Waals surface area contributed by atoms with Gasteiger partial charge in [0.2, 0.25) is 0 Å². The van der Waals surface area contributed by atoms with Crippen LogP contribution in [0.3, 0.4) is 0 Å². The number of halogens is 1. The monoisotopic (exact) mass is 402 g/mol. The van der Waals surface area contributed by atoms with E-state index in [0.717, 1.165) is 10.5 Å². The molecule has 0 aliphatic carbocycles. The first kappa shape index (κ1) is 19.4. The van der Waals surface area contributed by atoms with Crippen LogP contribution in [0.5, 0.6) is 5.75 Å². The van der Waals surface area contributed by atoms with Gasteiger partial charge < -0.3 is 10.1 Å². The first-order valence-electron chi connectivity index (χ1n) is 9.34. The molecule has 0 saturated carbocycles. The van der Waals surface area contributed by atoms with Crippen LogP contribution in [0.4, 0.5) is 15.8 Å². The molecule has 3 aromatic rings. The molecule has 30 heavy (non-hydrogen) atoms. The number of rotatable bonds is 5. The second-order valence-electron chi connectivity index (χ2n) is 6.90. The van der Waals surface area contributed by atoms with E-state index in [0.29, 0.717) is 22.7 Å². The summed E-state index contributed by atoms with van der Waals surface area (Å²) in [4.78, 5) is 27.8. The topological polar surface area (TPSA) is 58.6 Å². The van der Waals surface area contributed by atoms with Crippen molar-refractivity contribution >= 4 is 28.8 Å². The summed E-state index contributed by atoms with van der Waals surface area (Å²) in [7, 11) is 1.56. The van der Waals surface area contributed by atoms with Gasteiger partial charge >= 0.3 is 0 Å². The van der Waals surface area contributed by atoms with Crippen molar-refractivity contribution in [1.29, 1.82) is 0 Å². The molecular weight excluding hydrogens is 383 g/mol. The summed E-state index contributed by atoms with van der Waals surface area (Å²) in [6, 6.07) is 19.7. The lowest BCUT2D eigenvalue weighted by Gasteiger charge is -2.16. The highest BCUT2D eigenvalue weighted by Crippen LogP contribution is 2.34. The lowest BCUT2D eigenvalue weighted by Crippen LogP contribution is -2.32. The minimum Gasteiger partial charge on any atom is -0.497 e. The van der Waals surface area contributed by atoms with Gasteiger partial charge in [-0.05, 0) is 66.6 Å². The molecule has 2 amide bonds. The highest BCUT2D eigenvalue weighted by atomic mass is 19.1. The van der Waals surface area contributed by atoms with Crippen LogP contribution in [-0.4, -0.2) is 18.9 Å². The molecule has 1 heterocycles. The number of anilines is 2. The Morgan fingerprint density at radius 1 is 0.900 bits per heavy atom. The van der Waals surface area contributed by atoms with Gasteiger partial charge in [0.25, 0.3) is 11.8 Å². The Hall–Kier alpha value is -3.93. The van der Waals surface area contributed by atoms with Gasteiger partial charge in [-0.2, -0.15) is 0 Å². The number of hydrogen-bond acceptors (Lipinski definition) is 4. The summed E-state index contributed by atoms with van der Waals surface area (Å²) in [6.07, 6.45) is 0. The third kappa shape index (κ3) is 3.55. The van der Waals surface area contributed by atoms with E-state index >= 15 is 0 Å². The average Bonchev–Trinajstić information content (AvgIpc) is 2.99. The number of nitrogens with one attached hydrogen (secondary N) is 1. The van der Waals surface area contributed by atoms with Crippen molar-refractivity contribution in [2.75, 3.05) is 17.3 Å². The molecule has 4 rings (SSSR count). The molecule has 1 N–H and O–H groups in total. The summed E-state index contributed by atoms with van der Waals surface area (Å²) in [5, 5.41) is 3.01. The number of methoxy groups -OCH3 is 1. The van der Waals surface area contributed by atoms with Crippen LogP contribution in [0.1, 0.15) is 11.1 Å². The fourth-order valence-electron chi connectivity index (χ4n) is 3.35. The molecule has 0 saturated heterocycles. The Balaban J connectivity index is 1.81. The van der Waals surface area contributed by atoms with Gasteiger partial charge in [-0.1, -0.05) is 24.3 Å². The van der Waals surface area contributed by atoms with Gasteiger partial charge in [0.15, 0.2) is 0 Å². The lowest BCUT2D eigenvalue weighted by molar-refractivity contribution is -0.120. The van der Waals surface area contributed by atoms with Gasteiger partial charge in [0.05, 0.1) is 18.4 Å². The number of amides is 2. The number of hydrogen-bond donors (Lipinski definition) is 1. The number of imide groups is 1. The van der Waals surface area contributed by atoms with Crippen molar-refractivity contribution in [1.82, 2.24) is 0 Å². The number of nitrogens with zero attached hydrogens (tertiary/aromatic N) is 1. The van der Waals surface area contributed by atoms with Crippen molar-refractivity contribution in [3.63, 3.8) is 0 Å². The standard InChI is InChI=1S/C24H19FN2O3/c1-15-4-3-5-19(14-15)27-23(28)21(16-6-12-20(30-2)13-7-16)22(24(27)29)26-18-10-8-17(25)9-11-18/h3-14,26H,1-2H3. The molecule has 0 spiro atoms.